The predicted molar refractivity (Wildman–Crippen MR) is 77.0 cm³/mol. The van der Waals surface area contributed by atoms with Crippen molar-refractivity contribution < 1.29 is 13.5 Å². The number of nitrogens with one attached hydrogen (secondary N) is 1. The van der Waals surface area contributed by atoms with E-state index in [1.807, 2.05) is 6.92 Å². The number of hydrogen-bond donors (Lipinski definition) is 1. The maximum atomic E-state index is 14.1. The molecule has 0 saturated heterocycles. The number of nitrogens with zero attached hydrogens (tertiary/aromatic N) is 2. The molecule has 0 bridgehead atoms. The van der Waals surface area contributed by atoms with Gasteiger partial charge in [-0.15, -0.1) is 0 Å². The van der Waals surface area contributed by atoms with E-state index in [1.165, 1.54) is 26.2 Å². The number of halogens is 2. The van der Waals surface area contributed by atoms with Crippen LogP contribution >= 0.6 is 0 Å². The van der Waals surface area contributed by atoms with Crippen LogP contribution in [-0.2, 0) is 11.3 Å². The fraction of sp³-hybridized carbons (Fsp3) is 0.333. The van der Waals surface area contributed by atoms with Gasteiger partial charge in [-0.2, -0.15) is 0 Å². The van der Waals surface area contributed by atoms with Crippen LogP contribution in [0.15, 0.2) is 18.2 Å². The molecule has 0 spiro atoms. The third kappa shape index (κ3) is 3.33. The Kier molecular flexibility index (Phi) is 4.80. The summed E-state index contributed by atoms with van der Waals surface area (Å²) in [7, 11) is 1.52. The van der Waals surface area contributed by atoms with E-state index in [0.29, 0.717) is 23.9 Å². The minimum absolute atomic E-state index is 0.108. The van der Waals surface area contributed by atoms with Crippen LogP contribution in [0.1, 0.15) is 18.3 Å². The van der Waals surface area contributed by atoms with E-state index in [4.69, 9.17) is 4.74 Å². The van der Waals surface area contributed by atoms with Gasteiger partial charge in [0, 0.05) is 25.3 Å². The maximum Gasteiger partial charge on any atom is 0.168 e. The number of methoxy groups -OCH3 is 1. The Morgan fingerprint density at radius 1 is 1.19 bits per heavy atom. The predicted octanol–water partition coefficient (Wildman–Crippen LogP) is 3.31. The molecular formula is C15H17F2N3O. The van der Waals surface area contributed by atoms with E-state index in [9.17, 15) is 8.78 Å². The fourth-order valence-electron chi connectivity index (χ4n) is 1.94. The number of anilines is 1. The molecule has 112 valence electrons. The highest BCUT2D eigenvalue weighted by atomic mass is 19.2. The highest BCUT2D eigenvalue weighted by molar-refractivity contribution is 5.63. The van der Waals surface area contributed by atoms with Crippen LogP contribution in [0.2, 0.25) is 0 Å². The van der Waals surface area contributed by atoms with Gasteiger partial charge in [-0.25, -0.2) is 18.7 Å². The van der Waals surface area contributed by atoms with Gasteiger partial charge >= 0.3 is 0 Å². The lowest BCUT2D eigenvalue weighted by atomic mass is 10.1. The van der Waals surface area contributed by atoms with Crippen molar-refractivity contribution in [2.24, 2.45) is 0 Å². The summed E-state index contributed by atoms with van der Waals surface area (Å²) in [5, 5.41) is 3.04. The van der Waals surface area contributed by atoms with Gasteiger partial charge in [0.1, 0.15) is 12.4 Å². The molecule has 0 radical (unpaired) electrons. The summed E-state index contributed by atoms with van der Waals surface area (Å²) < 4.78 is 32.8. The average Bonchev–Trinajstić information content (AvgIpc) is 2.45. The zero-order valence-corrected chi connectivity index (χ0v) is 12.2. The summed E-state index contributed by atoms with van der Waals surface area (Å²) in [5.41, 5.74) is 0.690. The van der Waals surface area contributed by atoms with Gasteiger partial charge in [-0.05, 0) is 25.5 Å². The van der Waals surface area contributed by atoms with Crippen molar-refractivity contribution in [2.45, 2.75) is 20.5 Å². The molecule has 2 aromatic rings. The topological polar surface area (TPSA) is 47.0 Å². The van der Waals surface area contributed by atoms with Gasteiger partial charge in [0.15, 0.2) is 17.5 Å². The average molecular weight is 293 g/mol. The summed E-state index contributed by atoms with van der Waals surface area (Å²) in [6.45, 7) is 4.29. The first-order valence-electron chi connectivity index (χ1n) is 6.62. The van der Waals surface area contributed by atoms with Crippen LogP contribution in [-0.4, -0.2) is 23.6 Å². The van der Waals surface area contributed by atoms with E-state index in [-0.39, 0.29) is 17.7 Å². The van der Waals surface area contributed by atoms with Crippen molar-refractivity contribution in [1.82, 2.24) is 9.97 Å². The van der Waals surface area contributed by atoms with Gasteiger partial charge in [-0.3, -0.25) is 0 Å². The summed E-state index contributed by atoms with van der Waals surface area (Å²) >= 11 is 0. The van der Waals surface area contributed by atoms with Gasteiger partial charge in [-0.1, -0.05) is 6.07 Å². The molecule has 1 N–H and O–H groups in total. The molecule has 1 heterocycles. The zero-order chi connectivity index (χ0) is 15.4. The Labute approximate surface area is 122 Å². The van der Waals surface area contributed by atoms with Crippen molar-refractivity contribution in [2.75, 3.05) is 19.0 Å². The molecule has 0 fully saturated rings. The van der Waals surface area contributed by atoms with E-state index < -0.39 is 11.6 Å². The SMILES string of the molecule is CCNc1cc(-c2ccc(C)c(F)c2F)nc(COC)n1. The highest BCUT2D eigenvalue weighted by Crippen LogP contribution is 2.26. The molecule has 0 aliphatic carbocycles. The normalized spacial score (nSPS) is 10.7. The lowest BCUT2D eigenvalue weighted by Crippen LogP contribution is -2.06. The molecule has 0 atom stereocenters. The quantitative estimate of drug-likeness (QED) is 0.918. The van der Waals surface area contributed by atoms with Crippen molar-refractivity contribution >= 4 is 5.82 Å². The molecule has 2 rings (SSSR count). The Hall–Kier alpha value is -2.08. The summed E-state index contributed by atoms with van der Waals surface area (Å²) in [4.78, 5) is 8.47. The van der Waals surface area contributed by atoms with Crippen LogP contribution in [0.4, 0.5) is 14.6 Å². The largest absolute Gasteiger partial charge is 0.377 e. The van der Waals surface area contributed by atoms with Crippen LogP contribution in [0.3, 0.4) is 0 Å². The molecule has 1 aromatic carbocycles. The minimum Gasteiger partial charge on any atom is -0.377 e. The first-order chi connectivity index (χ1) is 10.1. The van der Waals surface area contributed by atoms with E-state index in [0.717, 1.165) is 0 Å². The van der Waals surface area contributed by atoms with Crippen LogP contribution < -0.4 is 5.32 Å². The smallest absolute Gasteiger partial charge is 0.168 e. The lowest BCUT2D eigenvalue weighted by Gasteiger charge is -2.10. The lowest BCUT2D eigenvalue weighted by molar-refractivity contribution is 0.178. The molecule has 4 nitrogen and oxygen atoms in total. The van der Waals surface area contributed by atoms with E-state index >= 15 is 0 Å². The minimum atomic E-state index is -0.903. The third-order valence-corrected chi connectivity index (χ3v) is 2.96. The summed E-state index contributed by atoms with van der Waals surface area (Å²) in [6, 6.07) is 4.64. The maximum absolute atomic E-state index is 14.1. The van der Waals surface area contributed by atoms with Crippen LogP contribution in [0.5, 0.6) is 0 Å². The molecule has 0 aliphatic rings. The van der Waals surface area contributed by atoms with Crippen LogP contribution in [0.25, 0.3) is 11.3 Å². The van der Waals surface area contributed by atoms with Crippen molar-refractivity contribution in [3.63, 3.8) is 0 Å². The number of aryl methyl sites for hydroxylation is 1. The van der Waals surface area contributed by atoms with Crippen molar-refractivity contribution in [1.29, 1.82) is 0 Å². The van der Waals surface area contributed by atoms with Gasteiger partial charge in [0.05, 0.1) is 5.69 Å². The molecule has 0 unspecified atom stereocenters. The number of hydrogen-bond acceptors (Lipinski definition) is 4. The second-order valence-corrected chi connectivity index (χ2v) is 4.58. The monoisotopic (exact) mass is 293 g/mol. The number of aromatic nitrogens is 2. The molecule has 0 amide bonds. The Balaban J connectivity index is 2.54. The van der Waals surface area contributed by atoms with E-state index in [1.54, 1.807) is 6.07 Å². The standard InChI is InChI=1S/C15H17F2N3O/c1-4-18-12-7-11(19-13(20-12)8-21-3)10-6-5-9(2)14(16)15(10)17/h5-7H,4,8H2,1-3H3,(H,18,19,20). The van der Waals surface area contributed by atoms with Gasteiger partial charge in [0.2, 0.25) is 0 Å². The Morgan fingerprint density at radius 3 is 2.62 bits per heavy atom. The van der Waals surface area contributed by atoms with Gasteiger partial charge < -0.3 is 10.1 Å². The first-order valence-corrected chi connectivity index (χ1v) is 6.62. The third-order valence-electron chi connectivity index (χ3n) is 2.96. The number of rotatable bonds is 5. The highest BCUT2D eigenvalue weighted by Gasteiger charge is 2.15. The molecule has 21 heavy (non-hydrogen) atoms. The zero-order valence-electron chi connectivity index (χ0n) is 12.2. The number of benzene rings is 1. The van der Waals surface area contributed by atoms with Crippen molar-refractivity contribution in [3.05, 3.63) is 41.2 Å². The molecular weight excluding hydrogens is 276 g/mol. The Morgan fingerprint density at radius 2 is 1.95 bits per heavy atom. The summed E-state index contributed by atoms with van der Waals surface area (Å²) in [6.07, 6.45) is 0. The van der Waals surface area contributed by atoms with E-state index in [2.05, 4.69) is 15.3 Å². The first kappa shape index (κ1) is 15.3. The molecule has 0 saturated carbocycles. The second-order valence-electron chi connectivity index (χ2n) is 4.58. The fourth-order valence-corrected chi connectivity index (χ4v) is 1.94. The second kappa shape index (κ2) is 6.58. The molecule has 0 aliphatic heterocycles. The van der Waals surface area contributed by atoms with Gasteiger partial charge in [0.25, 0.3) is 0 Å². The molecule has 6 heteroatoms. The van der Waals surface area contributed by atoms with Crippen LogP contribution in [0, 0.1) is 18.6 Å². The molecule has 1 aromatic heterocycles. The summed E-state index contributed by atoms with van der Waals surface area (Å²) in [5.74, 6) is -0.801. The Bertz CT molecular complexity index is 623. The number of ether oxygens (including phenoxy) is 1. The van der Waals surface area contributed by atoms with Crippen molar-refractivity contribution in [3.8, 4) is 11.3 Å².